The van der Waals surface area contributed by atoms with Gasteiger partial charge in [0.1, 0.15) is 0 Å². The number of aryl methyl sites for hydroxylation is 1. The van der Waals surface area contributed by atoms with Gasteiger partial charge in [0.25, 0.3) is 0 Å². The number of hydrogen-bond donors (Lipinski definition) is 0. The summed E-state index contributed by atoms with van der Waals surface area (Å²) >= 11 is 5.77. The summed E-state index contributed by atoms with van der Waals surface area (Å²) in [7, 11) is 0. The summed E-state index contributed by atoms with van der Waals surface area (Å²) in [4.78, 5) is 22.4. The SMILES string of the molecule is Cc1noc(=O)c(C)c1-c1ccc(Cl)c(C(=O)[O-])c1.[Na+]. The molecule has 2 rings (SSSR count). The normalized spacial score (nSPS) is 9.95. The number of hydrogen-bond acceptors (Lipinski definition) is 5. The van der Waals surface area contributed by atoms with Crippen LogP contribution in [0.4, 0.5) is 0 Å². The van der Waals surface area contributed by atoms with E-state index in [1.54, 1.807) is 19.9 Å². The monoisotopic (exact) mass is 301 g/mol. The molecule has 20 heavy (non-hydrogen) atoms. The molecule has 0 N–H and O–H groups in total. The number of aromatic carboxylic acids is 1. The Labute approximate surface area is 141 Å². The van der Waals surface area contributed by atoms with Crippen molar-refractivity contribution in [3.8, 4) is 11.1 Å². The maximum absolute atomic E-state index is 11.5. The van der Waals surface area contributed by atoms with Gasteiger partial charge in [0.05, 0.1) is 11.7 Å². The molecule has 0 aliphatic rings. The number of halogens is 1. The zero-order valence-electron chi connectivity index (χ0n) is 11.2. The second kappa shape index (κ2) is 6.54. The van der Waals surface area contributed by atoms with E-state index in [2.05, 4.69) is 9.68 Å². The van der Waals surface area contributed by atoms with Crippen LogP contribution in [0, 0.1) is 13.8 Å². The summed E-state index contributed by atoms with van der Waals surface area (Å²) < 4.78 is 4.59. The Hall–Kier alpha value is -1.14. The van der Waals surface area contributed by atoms with Gasteiger partial charge in [0, 0.05) is 21.7 Å². The molecule has 1 aromatic heterocycles. The number of carbonyl (C=O) groups is 1. The van der Waals surface area contributed by atoms with Crippen LogP contribution in [0.2, 0.25) is 5.02 Å². The van der Waals surface area contributed by atoms with Crippen molar-refractivity contribution in [1.29, 1.82) is 0 Å². The van der Waals surface area contributed by atoms with Crippen LogP contribution in [0.3, 0.4) is 0 Å². The van der Waals surface area contributed by atoms with Gasteiger partial charge in [-0.2, -0.15) is 0 Å². The molecule has 1 heterocycles. The fraction of sp³-hybridized carbons (Fsp3) is 0.154. The molecule has 0 atom stereocenters. The molecule has 0 bridgehead atoms. The van der Waals surface area contributed by atoms with E-state index in [1.165, 1.54) is 12.1 Å². The number of carbonyl (C=O) groups excluding carboxylic acids is 1. The summed E-state index contributed by atoms with van der Waals surface area (Å²) in [5.41, 5.74) is 1.22. The predicted molar refractivity (Wildman–Crippen MR) is 67.0 cm³/mol. The Morgan fingerprint density at radius 1 is 1.35 bits per heavy atom. The number of aromatic nitrogens is 1. The van der Waals surface area contributed by atoms with Gasteiger partial charge in [0.2, 0.25) is 0 Å². The second-order valence-electron chi connectivity index (χ2n) is 4.04. The molecule has 0 radical (unpaired) electrons. The van der Waals surface area contributed by atoms with Crippen LogP contribution in [-0.4, -0.2) is 11.1 Å². The third-order valence-corrected chi connectivity index (χ3v) is 3.11. The number of carboxylic acid groups (broad SMARTS) is 1. The van der Waals surface area contributed by atoms with Crippen molar-refractivity contribution in [2.24, 2.45) is 0 Å². The number of nitrogens with zero attached hydrogens (tertiary/aromatic N) is 1. The Bertz CT molecular complexity index is 727. The maximum Gasteiger partial charge on any atom is 1.00 e. The molecule has 0 spiro atoms. The molecule has 0 unspecified atom stereocenters. The fourth-order valence-electron chi connectivity index (χ4n) is 1.86. The average Bonchev–Trinajstić information content (AvgIpc) is 2.36. The van der Waals surface area contributed by atoms with Gasteiger partial charge in [-0.3, -0.25) is 0 Å². The third-order valence-electron chi connectivity index (χ3n) is 2.78. The Morgan fingerprint density at radius 2 is 2.00 bits per heavy atom. The van der Waals surface area contributed by atoms with Crippen LogP contribution in [0.15, 0.2) is 27.5 Å². The molecule has 5 nitrogen and oxygen atoms in total. The number of rotatable bonds is 2. The van der Waals surface area contributed by atoms with Gasteiger partial charge >= 0.3 is 35.2 Å². The summed E-state index contributed by atoms with van der Waals surface area (Å²) in [5, 5.41) is 14.7. The summed E-state index contributed by atoms with van der Waals surface area (Å²) in [6.07, 6.45) is 0. The summed E-state index contributed by atoms with van der Waals surface area (Å²) in [6, 6.07) is 4.41. The van der Waals surface area contributed by atoms with E-state index in [0.29, 0.717) is 22.4 Å². The molecular weight excluding hydrogens is 293 g/mol. The van der Waals surface area contributed by atoms with E-state index < -0.39 is 11.6 Å². The van der Waals surface area contributed by atoms with Crippen LogP contribution < -0.4 is 40.3 Å². The van der Waals surface area contributed by atoms with E-state index in [9.17, 15) is 14.7 Å². The first-order valence-corrected chi connectivity index (χ1v) is 5.78. The molecule has 1 aromatic carbocycles. The summed E-state index contributed by atoms with van der Waals surface area (Å²) in [5.74, 6) is -1.38. The number of carboxylic acids is 1. The molecule has 7 heteroatoms. The Morgan fingerprint density at radius 3 is 2.60 bits per heavy atom. The topological polar surface area (TPSA) is 83.2 Å². The van der Waals surface area contributed by atoms with Crippen molar-refractivity contribution >= 4 is 17.6 Å². The zero-order valence-corrected chi connectivity index (χ0v) is 13.9. The minimum atomic E-state index is -1.38. The van der Waals surface area contributed by atoms with Crippen molar-refractivity contribution in [2.75, 3.05) is 0 Å². The molecule has 0 saturated carbocycles. The van der Waals surface area contributed by atoms with Gasteiger partial charge in [-0.25, -0.2) is 4.79 Å². The van der Waals surface area contributed by atoms with Gasteiger partial charge in [-0.15, -0.1) is 0 Å². The molecule has 2 aromatic rings. The molecule has 0 amide bonds. The van der Waals surface area contributed by atoms with Crippen LogP contribution in [0.1, 0.15) is 21.6 Å². The van der Waals surface area contributed by atoms with Crippen molar-refractivity contribution in [3.63, 3.8) is 0 Å². The largest absolute Gasteiger partial charge is 1.00 e. The zero-order chi connectivity index (χ0) is 14.2. The van der Waals surface area contributed by atoms with E-state index in [1.807, 2.05) is 0 Å². The van der Waals surface area contributed by atoms with E-state index in [-0.39, 0.29) is 40.1 Å². The van der Waals surface area contributed by atoms with Crippen molar-refractivity contribution < 1.29 is 44.0 Å². The first-order valence-electron chi connectivity index (χ1n) is 5.40. The van der Waals surface area contributed by atoms with Crippen molar-refractivity contribution in [1.82, 2.24) is 5.16 Å². The van der Waals surface area contributed by atoms with Crippen LogP contribution in [-0.2, 0) is 0 Å². The second-order valence-corrected chi connectivity index (χ2v) is 4.44. The van der Waals surface area contributed by atoms with Gasteiger partial charge in [-0.05, 0) is 31.5 Å². The van der Waals surface area contributed by atoms with E-state index >= 15 is 0 Å². The maximum atomic E-state index is 11.5. The van der Waals surface area contributed by atoms with Crippen LogP contribution in [0.5, 0.6) is 0 Å². The molecular formula is C13H9ClNNaO4. The van der Waals surface area contributed by atoms with Crippen LogP contribution >= 0.6 is 11.6 Å². The molecule has 0 fully saturated rings. The molecule has 0 aliphatic carbocycles. The quantitative estimate of drug-likeness (QED) is 0.620. The van der Waals surface area contributed by atoms with Crippen molar-refractivity contribution in [2.45, 2.75) is 13.8 Å². The fourth-order valence-corrected chi connectivity index (χ4v) is 2.05. The standard InChI is InChI=1S/C13H10ClNO4.Na/c1-6-11(7(2)15-19-13(6)18)8-3-4-10(14)9(5-8)12(16)17;/h3-5H,1-2H3,(H,16,17);/q;+1/p-1. The van der Waals surface area contributed by atoms with Crippen molar-refractivity contribution in [3.05, 3.63) is 50.5 Å². The Balaban J connectivity index is 0.00000200. The first-order chi connectivity index (χ1) is 8.91. The summed E-state index contributed by atoms with van der Waals surface area (Å²) in [6.45, 7) is 3.25. The smallest absolute Gasteiger partial charge is 0.545 e. The van der Waals surface area contributed by atoms with Crippen LogP contribution in [0.25, 0.3) is 11.1 Å². The van der Waals surface area contributed by atoms with Gasteiger partial charge in [-0.1, -0.05) is 22.8 Å². The van der Waals surface area contributed by atoms with Gasteiger partial charge < -0.3 is 14.4 Å². The Kier molecular flexibility index (Phi) is 5.53. The minimum Gasteiger partial charge on any atom is -0.545 e. The average molecular weight is 302 g/mol. The first kappa shape index (κ1) is 16.9. The third kappa shape index (κ3) is 3.12. The van der Waals surface area contributed by atoms with Gasteiger partial charge in [0.15, 0.2) is 0 Å². The van der Waals surface area contributed by atoms with E-state index in [4.69, 9.17) is 11.6 Å². The molecule has 98 valence electrons. The predicted octanol–water partition coefficient (Wildman–Crippen LogP) is -1.66. The van der Waals surface area contributed by atoms with E-state index in [0.717, 1.165) is 0 Å². The minimum absolute atomic E-state index is 0. The molecule has 0 aliphatic heterocycles. The number of benzene rings is 1. The molecule has 0 saturated heterocycles.